The molecule has 1 aromatic heterocycles. The summed E-state index contributed by atoms with van der Waals surface area (Å²) in [6.45, 7) is 6.67. The van der Waals surface area contributed by atoms with E-state index in [1.54, 1.807) is 7.11 Å². The third kappa shape index (κ3) is 4.99. The van der Waals surface area contributed by atoms with Crippen molar-refractivity contribution < 1.29 is 43.5 Å². The van der Waals surface area contributed by atoms with Crippen molar-refractivity contribution in [1.82, 2.24) is 20.1 Å². The lowest BCUT2D eigenvalue weighted by Crippen LogP contribution is -2.69. The van der Waals surface area contributed by atoms with E-state index in [1.807, 2.05) is 46.0 Å². The molecule has 1 spiro atoms. The number of H-pyrrole nitrogens is 1. The van der Waals surface area contributed by atoms with Crippen molar-refractivity contribution in [3.63, 3.8) is 0 Å². The molecule has 11 rings (SSSR count). The molecule has 2 saturated heterocycles. The molecule has 14 nitrogen and oxygen atoms in total. The van der Waals surface area contributed by atoms with Crippen LogP contribution in [0.5, 0.6) is 28.7 Å². The minimum atomic E-state index is -1.43. The highest BCUT2D eigenvalue weighted by molar-refractivity contribution is 7.99. The molecule has 0 saturated carbocycles. The number of nitriles is 1. The molecule has 0 amide bonds. The van der Waals surface area contributed by atoms with Crippen LogP contribution in [-0.2, 0) is 32.7 Å². The van der Waals surface area contributed by atoms with E-state index in [4.69, 9.17) is 23.7 Å². The van der Waals surface area contributed by atoms with E-state index in [1.165, 1.54) is 18.7 Å². The van der Waals surface area contributed by atoms with E-state index in [0.29, 0.717) is 63.8 Å². The van der Waals surface area contributed by atoms with Crippen LogP contribution >= 0.6 is 11.8 Å². The lowest BCUT2D eigenvalue weighted by atomic mass is 9.71. The molecule has 8 atom stereocenters. The van der Waals surface area contributed by atoms with E-state index < -0.39 is 52.9 Å². The minimum Gasteiger partial charge on any atom is -0.504 e. The van der Waals surface area contributed by atoms with Gasteiger partial charge in [-0.3, -0.25) is 19.9 Å². The summed E-state index contributed by atoms with van der Waals surface area (Å²) >= 11 is 1.49. The lowest BCUT2D eigenvalue weighted by molar-refractivity contribution is -0.158. The summed E-state index contributed by atoms with van der Waals surface area (Å²) in [5.74, 6) is 0.761. The van der Waals surface area contributed by atoms with E-state index in [2.05, 4.69) is 32.2 Å². The molecule has 302 valence electrons. The molecule has 2 fully saturated rings. The smallest absolute Gasteiger partial charge is 0.333 e. The maximum atomic E-state index is 15.1. The zero-order valence-corrected chi connectivity index (χ0v) is 33.9. The van der Waals surface area contributed by atoms with Gasteiger partial charge in [-0.05, 0) is 69.5 Å². The second-order valence-electron chi connectivity index (χ2n) is 16.5. The van der Waals surface area contributed by atoms with Gasteiger partial charge in [0.2, 0.25) is 6.79 Å². The van der Waals surface area contributed by atoms with Crippen molar-refractivity contribution >= 4 is 34.6 Å². The Morgan fingerprint density at radius 1 is 1.10 bits per heavy atom. The maximum Gasteiger partial charge on any atom is 0.333 e. The molecule has 8 heterocycles. The highest BCUT2D eigenvalue weighted by atomic mass is 32.2. The van der Waals surface area contributed by atoms with Gasteiger partial charge in [0, 0.05) is 64.0 Å². The lowest BCUT2D eigenvalue weighted by Gasteiger charge is -2.62. The normalized spacial score (nSPS) is 29.6. The molecular weight excluding hydrogens is 763 g/mol. The molecule has 7 aliphatic heterocycles. The summed E-state index contributed by atoms with van der Waals surface area (Å²) < 4.78 is 30.8. The fraction of sp³-hybridized carbons (Fsp3) is 0.465. The standard InChI is InChI=1S/C43H45N5O9S/c1-18-7-8-26-24(9-18)25-12-23(14-49)46-43(41(25)45-26)16-58-40-32-31(39-38(55-17-56-39)20(3)37(32)57-21(4)50)29(15-54-42(43)52)48-28(13-44)27-11-22-10-19(2)36(53-6)35(51)30(22)33(34(40)48)47(27)5/h7-10,23,27-29,33-34,40,45-46,49,51H,11-12,14-17H2,1-6H3/t23-,27-,28-,29-,33+,34+,40+,43+/m0/s1. The number of aliphatic hydroxyl groups is 1. The van der Waals surface area contributed by atoms with E-state index >= 15 is 4.79 Å². The number of benzene rings is 3. The first-order chi connectivity index (χ1) is 27.9. The van der Waals surface area contributed by atoms with Crippen molar-refractivity contribution in [3.05, 3.63) is 74.5 Å². The number of aromatic amines is 1. The van der Waals surface area contributed by atoms with Gasteiger partial charge in [-0.1, -0.05) is 17.7 Å². The van der Waals surface area contributed by atoms with Crippen LogP contribution in [0.1, 0.15) is 74.5 Å². The van der Waals surface area contributed by atoms with Crippen molar-refractivity contribution in [2.75, 3.05) is 39.9 Å². The van der Waals surface area contributed by atoms with E-state index in [9.17, 15) is 20.3 Å². The van der Waals surface area contributed by atoms with Crippen molar-refractivity contribution in [1.29, 1.82) is 5.26 Å². The number of phenolic OH excluding ortho intramolecular Hbond substituents is 1. The van der Waals surface area contributed by atoms with Crippen LogP contribution in [0.25, 0.3) is 10.9 Å². The number of phenols is 1. The number of aromatic hydroxyl groups is 1. The van der Waals surface area contributed by atoms with Crippen molar-refractivity contribution in [2.24, 2.45) is 0 Å². The van der Waals surface area contributed by atoms with Crippen molar-refractivity contribution in [2.45, 2.75) is 87.6 Å². The van der Waals surface area contributed by atoms with Gasteiger partial charge in [-0.25, -0.2) is 4.79 Å². The number of methoxy groups -OCH3 is 1. The predicted octanol–water partition coefficient (Wildman–Crippen LogP) is 4.42. The Kier molecular flexibility index (Phi) is 8.53. The number of piperazine rings is 1. The third-order valence-corrected chi connectivity index (χ3v) is 14.8. The number of nitrogens with one attached hydrogen (secondary N) is 2. The summed E-state index contributed by atoms with van der Waals surface area (Å²) in [6.07, 6.45) is 0.983. The van der Waals surface area contributed by atoms with E-state index in [-0.39, 0.29) is 37.6 Å². The quantitative estimate of drug-likeness (QED) is 0.169. The number of esters is 2. The Balaban J connectivity index is 1.26. The number of likely N-dealkylation sites (N-methyl/N-ethyl adjacent to an activating group) is 1. The van der Waals surface area contributed by atoms with Crippen LogP contribution in [0.4, 0.5) is 0 Å². The summed E-state index contributed by atoms with van der Waals surface area (Å²) in [4.78, 5) is 36.0. The average molecular weight is 808 g/mol. The maximum absolute atomic E-state index is 15.1. The number of hydrogen-bond acceptors (Lipinski definition) is 14. The van der Waals surface area contributed by atoms with Crippen LogP contribution in [0.2, 0.25) is 0 Å². The third-order valence-electron chi connectivity index (χ3n) is 13.4. The number of thioether (sulfide) groups is 1. The highest BCUT2D eigenvalue weighted by Crippen LogP contribution is 2.64. The van der Waals surface area contributed by atoms with Crippen LogP contribution in [0, 0.1) is 32.1 Å². The molecule has 3 aromatic carbocycles. The monoisotopic (exact) mass is 807 g/mol. The Bertz CT molecular complexity index is 2500. The van der Waals surface area contributed by atoms with Gasteiger partial charge < -0.3 is 38.9 Å². The number of aliphatic hydroxyl groups excluding tert-OH is 1. The van der Waals surface area contributed by atoms with Gasteiger partial charge in [0.15, 0.2) is 28.5 Å². The molecule has 7 aliphatic rings. The fourth-order valence-electron chi connectivity index (χ4n) is 11.0. The molecule has 0 radical (unpaired) electrons. The Hall–Kier alpha value is -4.98. The van der Waals surface area contributed by atoms with Gasteiger partial charge in [-0.2, -0.15) is 5.26 Å². The zero-order valence-electron chi connectivity index (χ0n) is 33.1. The Morgan fingerprint density at radius 2 is 1.90 bits per heavy atom. The largest absolute Gasteiger partial charge is 0.504 e. The topological polar surface area (TPSA) is 179 Å². The SMILES string of the molecule is COc1c(C)cc2c(c1O)[C@@H]1[C@@H]3[C@@H]4SC[C@]5(N[C@H](CO)Cc6c5[nH]c5ccc(C)cc65)C(=O)OC[C@@H](c5c6c(c(C)c(OC(C)=O)c54)OCO6)N3[C@@H](C#N)[C@H](C2)N1C. The first-order valence-corrected chi connectivity index (χ1v) is 20.7. The van der Waals surface area contributed by atoms with Gasteiger partial charge >= 0.3 is 11.9 Å². The molecule has 58 heavy (non-hydrogen) atoms. The van der Waals surface area contributed by atoms with Gasteiger partial charge in [0.25, 0.3) is 0 Å². The second kappa shape index (κ2) is 13.3. The molecule has 4 aromatic rings. The first kappa shape index (κ1) is 37.3. The first-order valence-electron chi connectivity index (χ1n) is 19.6. The molecule has 15 heteroatoms. The summed E-state index contributed by atoms with van der Waals surface area (Å²) in [7, 11) is 3.54. The number of fused-ring (bicyclic) bond motifs is 11. The van der Waals surface area contributed by atoms with Crippen molar-refractivity contribution in [3.8, 4) is 34.8 Å². The number of nitrogens with zero attached hydrogens (tertiary/aromatic N) is 3. The zero-order chi connectivity index (χ0) is 40.5. The minimum absolute atomic E-state index is 0.0454. The second-order valence-corrected chi connectivity index (χ2v) is 17.6. The number of ether oxygens (including phenoxy) is 5. The molecule has 0 aliphatic carbocycles. The molecular formula is C43H45N5O9S. The fourth-order valence-corrected chi connectivity index (χ4v) is 12.7. The average Bonchev–Trinajstić information content (AvgIpc) is 3.83. The molecule has 4 bridgehead atoms. The van der Waals surface area contributed by atoms with Gasteiger partial charge in [-0.15, -0.1) is 11.8 Å². The number of hydrogen-bond donors (Lipinski definition) is 4. The predicted molar refractivity (Wildman–Crippen MR) is 212 cm³/mol. The van der Waals surface area contributed by atoms with Gasteiger partial charge in [0.05, 0.1) is 42.8 Å². The van der Waals surface area contributed by atoms with Gasteiger partial charge in [0.1, 0.15) is 18.4 Å². The Labute approximate surface area is 339 Å². The van der Waals surface area contributed by atoms with Crippen LogP contribution < -0.4 is 24.3 Å². The van der Waals surface area contributed by atoms with Crippen LogP contribution in [0.3, 0.4) is 0 Å². The molecule has 0 unspecified atom stereocenters. The van der Waals surface area contributed by atoms with Crippen LogP contribution in [0.15, 0.2) is 24.3 Å². The number of aromatic nitrogens is 1. The summed E-state index contributed by atoms with van der Waals surface area (Å²) in [6, 6.07) is 7.60. The Morgan fingerprint density at radius 3 is 2.64 bits per heavy atom. The summed E-state index contributed by atoms with van der Waals surface area (Å²) in [5, 5.41) is 38.0. The number of aryl methyl sites for hydroxylation is 2. The molecule has 4 N–H and O–H groups in total. The number of carbonyl (C=O) groups excluding carboxylic acids is 2. The highest BCUT2D eigenvalue weighted by Gasteiger charge is 2.62. The van der Waals surface area contributed by atoms with E-state index in [0.717, 1.165) is 33.2 Å². The summed E-state index contributed by atoms with van der Waals surface area (Å²) in [5.41, 5.74) is 6.50. The number of carbonyl (C=O) groups is 2. The van der Waals surface area contributed by atoms with Crippen LogP contribution in [-0.4, -0.2) is 101 Å². The number of rotatable bonds is 3.